The maximum atomic E-state index is 13.3. The molecule has 2 aromatic carbocycles. The lowest BCUT2D eigenvalue weighted by molar-refractivity contribution is -0.137. The molecule has 9 heteroatoms. The Labute approximate surface area is 212 Å². The summed E-state index contributed by atoms with van der Waals surface area (Å²) in [6, 6.07) is 13.1. The van der Waals surface area contributed by atoms with Gasteiger partial charge in [0.2, 0.25) is 0 Å². The summed E-state index contributed by atoms with van der Waals surface area (Å²) >= 11 is 0. The topological polar surface area (TPSA) is 89.6 Å². The van der Waals surface area contributed by atoms with Gasteiger partial charge in [-0.15, -0.1) is 0 Å². The monoisotopic (exact) mass is 497 g/mol. The van der Waals surface area contributed by atoms with E-state index in [1.165, 1.54) is 12.7 Å². The molecule has 0 aliphatic carbocycles. The van der Waals surface area contributed by atoms with E-state index in [9.17, 15) is 9.59 Å². The fourth-order valence-electron chi connectivity index (χ4n) is 4.29. The van der Waals surface area contributed by atoms with Crippen molar-refractivity contribution in [3.8, 4) is 11.5 Å². The van der Waals surface area contributed by atoms with Gasteiger partial charge in [0.15, 0.2) is 18.1 Å². The number of aryl methyl sites for hydroxylation is 1. The molecule has 2 saturated heterocycles. The van der Waals surface area contributed by atoms with E-state index in [-0.39, 0.29) is 24.5 Å². The number of ether oxygens (including phenoxy) is 4. The van der Waals surface area contributed by atoms with E-state index < -0.39 is 0 Å². The predicted molar refractivity (Wildman–Crippen MR) is 135 cm³/mol. The standard InChI is InChI=1S/C27H35N3O6/c1-20-3-5-21(6-4-20)23(18-29-9-13-34-14-10-29)28-27(32)22-7-8-24(25(17-22)33-2)36-19-26(31)30-11-15-35-16-12-30/h3-8,17,23H,9-16,18-19H2,1-2H3,(H,28,32). The molecule has 2 heterocycles. The Balaban J connectivity index is 1.43. The molecule has 0 radical (unpaired) electrons. The number of hydrogen-bond donors (Lipinski definition) is 1. The fraction of sp³-hybridized carbons (Fsp3) is 0.481. The van der Waals surface area contributed by atoms with Crippen LogP contribution in [-0.4, -0.2) is 94.5 Å². The van der Waals surface area contributed by atoms with Crippen LogP contribution < -0.4 is 14.8 Å². The summed E-state index contributed by atoms with van der Waals surface area (Å²) in [7, 11) is 1.52. The van der Waals surface area contributed by atoms with E-state index in [4.69, 9.17) is 18.9 Å². The van der Waals surface area contributed by atoms with Gasteiger partial charge in [-0.3, -0.25) is 14.5 Å². The summed E-state index contributed by atoms with van der Waals surface area (Å²) in [5.41, 5.74) is 2.68. The minimum absolute atomic E-state index is 0.100. The van der Waals surface area contributed by atoms with Gasteiger partial charge in [0, 0.05) is 38.3 Å². The van der Waals surface area contributed by atoms with Crippen molar-refractivity contribution >= 4 is 11.8 Å². The maximum Gasteiger partial charge on any atom is 0.260 e. The summed E-state index contributed by atoms with van der Waals surface area (Å²) in [6.07, 6.45) is 0. The molecule has 194 valence electrons. The van der Waals surface area contributed by atoms with Crippen LogP contribution in [0.4, 0.5) is 0 Å². The SMILES string of the molecule is COc1cc(C(=O)NC(CN2CCOCC2)c2ccc(C)cc2)ccc1OCC(=O)N1CCOCC1. The number of amides is 2. The number of morpholine rings is 2. The van der Waals surface area contributed by atoms with Crippen molar-refractivity contribution in [2.24, 2.45) is 0 Å². The first kappa shape index (κ1) is 25.9. The van der Waals surface area contributed by atoms with Gasteiger partial charge >= 0.3 is 0 Å². The third-order valence-corrected chi connectivity index (χ3v) is 6.47. The number of nitrogens with zero attached hydrogens (tertiary/aromatic N) is 2. The number of methoxy groups -OCH3 is 1. The summed E-state index contributed by atoms with van der Waals surface area (Å²) in [5.74, 6) is 0.505. The van der Waals surface area contributed by atoms with Crippen molar-refractivity contribution in [1.82, 2.24) is 15.1 Å². The summed E-state index contributed by atoms with van der Waals surface area (Å²) in [5, 5.41) is 3.19. The summed E-state index contributed by atoms with van der Waals surface area (Å²) < 4.78 is 22.0. The first-order valence-corrected chi connectivity index (χ1v) is 12.4. The molecule has 0 saturated carbocycles. The highest BCUT2D eigenvalue weighted by Crippen LogP contribution is 2.28. The number of nitrogens with one attached hydrogen (secondary N) is 1. The Kier molecular flexibility index (Phi) is 9.16. The van der Waals surface area contributed by atoms with Crippen molar-refractivity contribution in [3.63, 3.8) is 0 Å². The molecule has 9 nitrogen and oxygen atoms in total. The normalized spacial score (nSPS) is 17.3. The Hall–Kier alpha value is -3.14. The molecule has 2 aliphatic heterocycles. The molecule has 0 bridgehead atoms. The number of benzene rings is 2. The van der Waals surface area contributed by atoms with Crippen molar-refractivity contribution in [2.75, 3.05) is 72.9 Å². The molecule has 1 unspecified atom stereocenters. The second kappa shape index (κ2) is 12.7. The van der Waals surface area contributed by atoms with E-state index in [1.807, 2.05) is 6.92 Å². The van der Waals surface area contributed by atoms with Gasteiger partial charge in [-0.2, -0.15) is 0 Å². The summed E-state index contributed by atoms with van der Waals surface area (Å²) in [4.78, 5) is 29.7. The van der Waals surface area contributed by atoms with Crippen LogP contribution in [0, 0.1) is 6.92 Å². The van der Waals surface area contributed by atoms with Crippen LogP contribution in [0.25, 0.3) is 0 Å². The lowest BCUT2D eigenvalue weighted by Gasteiger charge is -2.31. The third kappa shape index (κ3) is 6.96. The summed E-state index contributed by atoms with van der Waals surface area (Å²) in [6.45, 7) is 7.89. The minimum atomic E-state index is -0.205. The smallest absolute Gasteiger partial charge is 0.260 e. The molecule has 2 aromatic rings. The second-order valence-corrected chi connectivity index (χ2v) is 9.00. The predicted octanol–water partition coefficient (Wildman–Crippen LogP) is 2.04. The highest BCUT2D eigenvalue weighted by atomic mass is 16.5. The third-order valence-electron chi connectivity index (χ3n) is 6.47. The van der Waals surface area contributed by atoms with Gasteiger partial charge in [-0.1, -0.05) is 29.8 Å². The Morgan fingerprint density at radius 2 is 1.61 bits per heavy atom. The zero-order valence-electron chi connectivity index (χ0n) is 21.0. The lowest BCUT2D eigenvalue weighted by atomic mass is 10.0. The highest BCUT2D eigenvalue weighted by Gasteiger charge is 2.22. The minimum Gasteiger partial charge on any atom is -0.493 e. The first-order valence-electron chi connectivity index (χ1n) is 12.4. The van der Waals surface area contributed by atoms with E-state index >= 15 is 0 Å². The van der Waals surface area contributed by atoms with E-state index in [0.29, 0.717) is 63.1 Å². The largest absolute Gasteiger partial charge is 0.493 e. The van der Waals surface area contributed by atoms with Crippen LogP contribution in [0.5, 0.6) is 11.5 Å². The molecular weight excluding hydrogens is 462 g/mol. The van der Waals surface area contributed by atoms with Gasteiger partial charge in [0.05, 0.1) is 39.6 Å². The molecule has 4 rings (SSSR count). The fourth-order valence-corrected chi connectivity index (χ4v) is 4.29. The number of rotatable bonds is 9. The van der Waals surface area contributed by atoms with E-state index in [0.717, 1.165) is 18.7 Å². The van der Waals surface area contributed by atoms with Crippen molar-refractivity contribution < 1.29 is 28.5 Å². The molecule has 0 aromatic heterocycles. The van der Waals surface area contributed by atoms with Crippen LogP contribution in [0.15, 0.2) is 42.5 Å². The average molecular weight is 498 g/mol. The van der Waals surface area contributed by atoms with E-state index in [1.54, 1.807) is 23.1 Å². The Morgan fingerprint density at radius 3 is 2.28 bits per heavy atom. The number of hydrogen-bond acceptors (Lipinski definition) is 7. The Morgan fingerprint density at radius 1 is 0.944 bits per heavy atom. The second-order valence-electron chi connectivity index (χ2n) is 9.00. The maximum absolute atomic E-state index is 13.3. The van der Waals surface area contributed by atoms with Gasteiger partial charge < -0.3 is 29.2 Å². The van der Waals surface area contributed by atoms with Crippen LogP contribution in [0.1, 0.15) is 27.5 Å². The molecule has 0 spiro atoms. The Bertz CT molecular complexity index is 1020. The van der Waals surface area contributed by atoms with Crippen LogP contribution >= 0.6 is 0 Å². The van der Waals surface area contributed by atoms with Crippen molar-refractivity contribution in [2.45, 2.75) is 13.0 Å². The van der Waals surface area contributed by atoms with Crippen LogP contribution in [0.3, 0.4) is 0 Å². The van der Waals surface area contributed by atoms with E-state index in [2.05, 4.69) is 34.5 Å². The van der Waals surface area contributed by atoms with Crippen LogP contribution in [-0.2, 0) is 14.3 Å². The first-order chi connectivity index (χ1) is 17.5. The molecular formula is C27H35N3O6. The quantitative estimate of drug-likeness (QED) is 0.567. The molecule has 2 amide bonds. The van der Waals surface area contributed by atoms with Gasteiger partial charge in [-0.25, -0.2) is 0 Å². The van der Waals surface area contributed by atoms with Gasteiger partial charge in [0.1, 0.15) is 0 Å². The number of carbonyl (C=O) groups is 2. The molecule has 36 heavy (non-hydrogen) atoms. The zero-order chi connectivity index (χ0) is 25.3. The molecule has 2 fully saturated rings. The zero-order valence-corrected chi connectivity index (χ0v) is 21.0. The van der Waals surface area contributed by atoms with Crippen molar-refractivity contribution in [3.05, 3.63) is 59.2 Å². The average Bonchev–Trinajstić information content (AvgIpc) is 2.92. The molecule has 1 atom stereocenters. The lowest BCUT2D eigenvalue weighted by Crippen LogP contribution is -2.43. The van der Waals surface area contributed by atoms with Gasteiger partial charge in [-0.05, 0) is 30.7 Å². The van der Waals surface area contributed by atoms with Crippen molar-refractivity contribution in [1.29, 1.82) is 0 Å². The molecule has 1 N–H and O–H groups in total. The molecule has 2 aliphatic rings. The highest BCUT2D eigenvalue weighted by molar-refractivity contribution is 5.95. The van der Waals surface area contributed by atoms with Crippen LogP contribution in [0.2, 0.25) is 0 Å². The number of carbonyl (C=O) groups excluding carboxylic acids is 2. The van der Waals surface area contributed by atoms with Gasteiger partial charge in [0.25, 0.3) is 11.8 Å².